The Bertz CT molecular complexity index is 730. The van der Waals surface area contributed by atoms with Crippen molar-refractivity contribution >= 4 is 34.1 Å². The minimum Gasteiger partial charge on any atom is -0.337 e. The molecule has 98 valence electrons. The molecule has 0 aliphatic rings. The number of H-pyrrole nitrogens is 1. The third-order valence-corrected chi connectivity index (χ3v) is 2.94. The normalized spacial score (nSPS) is 11.1. The Hall–Kier alpha value is -2.15. The first kappa shape index (κ1) is 11.9. The van der Waals surface area contributed by atoms with Crippen molar-refractivity contribution < 1.29 is 0 Å². The van der Waals surface area contributed by atoms with Crippen molar-refractivity contribution in [3.8, 4) is 0 Å². The van der Waals surface area contributed by atoms with Crippen LogP contribution in [0.25, 0.3) is 11.0 Å². The smallest absolute Gasteiger partial charge is 0.226 e. The van der Waals surface area contributed by atoms with E-state index in [0.29, 0.717) is 11.5 Å². The number of nitrogens with one attached hydrogen (secondary N) is 2. The molecule has 0 saturated heterocycles. The van der Waals surface area contributed by atoms with Crippen molar-refractivity contribution in [2.24, 2.45) is 7.05 Å². The van der Waals surface area contributed by atoms with Crippen LogP contribution in [-0.4, -0.2) is 29.9 Å². The van der Waals surface area contributed by atoms with Gasteiger partial charge in [-0.05, 0) is 18.0 Å². The fourth-order valence-corrected chi connectivity index (χ4v) is 2.10. The van der Waals surface area contributed by atoms with Crippen molar-refractivity contribution in [3.05, 3.63) is 23.4 Å². The van der Waals surface area contributed by atoms with Crippen LogP contribution in [0.2, 0.25) is 5.28 Å². The molecular formula is C11H12ClN7. The highest BCUT2D eigenvalue weighted by Gasteiger charge is 2.12. The monoisotopic (exact) mass is 277 g/mol. The van der Waals surface area contributed by atoms with E-state index < -0.39 is 0 Å². The summed E-state index contributed by atoms with van der Waals surface area (Å²) < 4.78 is 1.76. The quantitative estimate of drug-likeness (QED) is 0.716. The molecule has 19 heavy (non-hydrogen) atoms. The van der Waals surface area contributed by atoms with E-state index in [-0.39, 0.29) is 5.28 Å². The Kier molecular flexibility index (Phi) is 2.83. The molecule has 7 nitrogen and oxygen atoms in total. The highest BCUT2D eigenvalue weighted by molar-refractivity contribution is 6.28. The Balaban J connectivity index is 2.07. The Morgan fingerprint density at radius 2 is 2.26 bits per heavy atom. The molecule has 0 fully saturated rings. The third-order valence-electron chi connectivity index (χ3n) is 2.78. The van der Waals surface area contributed by atoms with Crippen LogP contribution in [0.5, 0.6) is 0 Å². The maximum atomic E-state index is 5.90. The summed E-state index contributed by atoms with van der Waals surface area (Å²) in [5, 5.41) is 15.3. The van der Waals surface area contributed by atoms with Crippen molar-refractivity contribution in [2.45, 2.75) is 13.3 Å². The lowest BCUT2D eigenvalue weighted by Gasteiger charge is -2.05. The molecular weight excluding hydrogens is 266 g/mol. The fourth-order valence-electron chi connectivity index (χ4n) is 1.93. The van der Waals surface area contributed by atoms with E-state index in [0.717, 1.165) is 23.2 Å². The average Bonchev–Trinajstić information content (AvgIpc) is 2.95. The molecule has 0 saturated carbocycles. The number of fused-ring (bicyclic) bond motifs is 1. The molecule has 3 heterocycles. The summed E-state index contributed by atoms with van der Waals surface area (Å²) in [6, 6.07) is 0. The molecule has 0 radical (unpaired) electrons. The molecule has 0 atom stereocenters. The molecule has 0 bridgehead atoms. The van der Waals surface area contributed by atoms with Gasteiger partial charge in [-0.25, -0.2) is 0 Å². The molecule has 2 N–H and O–H groups in total. The molecule has 0 aliphatic heterocycles. The number of halogens is 1. The standard InChI is InChI=1S/C11H12ClN7/c1-3-7-8(5-19(2)18-7)14-9-6-4-13-17-10(6)16-11(12)15-9/h4-5H,3H2,1-2H3,(H2,13,14,15,16,17). The Morgan fingerprint density at radius 3 is 3.05 bits per heavy atom. The molecule has 0 aliphatic carbocycles. The van der Waals surface area contributed by atoms with Crippen LogP contribution >= 0.6 is 11.6 Å². The molecule has 3 aromatic rings. The fraction of sp³-hybridized carbons (Fsp3) is 0.273. The molecule has 3 rings (SSSR count). The van der Waals surface area contributed by atoms with Gasteiger partial charge in [-0.15, -0.1) is 0 Å². The molecule has 0 aromatic carbocycles. The second kappa shape index (κ2) is 4.51. The summed E-state index contributed by atoms with van der Waals surface area (Å²) in [6.45, 7) is 2.05. The molecule has 0 spiro atoms. The predicted octanol–water partition coefficient (Wildman–Crippen LogP) is 2.05. The zero-order chi connectivity index (χ0) is 13.4. The number of aromatic nitrogens is 6. The van der Waals surface area contributed by atoms with E-state index in [4.69, 9.17) is 11.6 Å². The summed E-state index contributed by atoms with van der Waals surface area (Å²) in [5.41, 5.74) is 2.47. The first-order chi connectivity index (χ1) is 9.17. The van der Waals surface area contributed by atoms with Gasteiger partial charge in [-0.3, -0.25) is 9.78 Å². The minimum absolute atomic E-state index is 0.168. The number of anilines is 2. The topological polar surface area (TPSA) is 84.3 Å². The van der Waals surface area contributed by atoms with Gasteiger partial charge in [0.2, 0.25) is 5.28 Å². The van der Waals surface area contributed by atoms with Gasteiger partial charge < -0.3 is 5.32 Å². The van der Waals surface area contributed by atoms with E-state index in [2.05, 4.69) is 30.6 Å². The Labute approximate surface area is 114 Å². The molecule has 0 unspecified atom stereocenters. The lowest BCUT2D eigenvalue weighted by atomic mass is 10.3. The van der Waals surface area contributed by atoms with E-state index in [1.54, 1.807) is 10.9 Å². The lowest BCUT2D eigenvalue weighted by molar-refractivity contribution is 0.746. The van der Waals surface area contributed by atoms with E-state index >= 15 is 0 Å². The number of aryl methyl sites for hydroxylation is 2. The van der Waals surface area contributed by atoms with Crippen LogP contribution in [0.1, 0.15) is 12.6 Å². The maximum Gasteiger partial charge on any atom is 0.226 e. The van der Waals surface area contributed by atoms with Crippen molar-refractivity contribution in [1.29, 1.82) is 0 Å². The SMILES string of the molecule is CCc1nn(C)cc1Nc1nc(Cl)nc2[nH]ncc12. The first-order valence-electron chi connectivity index (χ1n) is 5.83. The average molecular weight is 278 g/mol. The summed E-state index contributed by atoms with van der Waals surface area (Å²) in [4.78, 5) is 8.26. The Morgan fingerprint density at radius 1 is 1.42 bits per heavy atom. The van der Waals surface area contributed by atoms with Crippen LogP contribution in [-0.2, 0) is 13.5 Å². The largest absolute Gasteiger partial charge is 0.337 e. The second-order valence-electron chi connectivity index (χ2n) is 4.12. The number of aromatic amines is 1. The predicted molar refractivity (Wildman–Crippen MR) is 72.6 cm³/mol. The summed E-state index contributed by atoms with van der Waals surface area (Å²) >= 11 is 5.90. The molecule has 3 aromatic heterocycles. The zero-order valence-corrected chi connectivity index (χ0v) is 11.2. The van der Waals surface area contributed by atoms with Gasteiger partial charge in [0.15, 0.2) is 5.65 Å². The summed E-state index contributed by atoms with van der Waals surface area (Å²) in [7, 11) is 1.88. The number of hydrogen-bond acceptors (Lipinski definition) is 5. The first-order valence-corrected chi connectivity index (χ1v) is 6.21. The van der Waals surface area contributed by atoms with E-state index in [1.165, 1.54) is 0 Å². The van der Waals surface area contributed by atoms with Crippen molar-refractivity contribution in [3.63, 3.8) is 0 Å². The lowest BCUT2D eigenvalue weighted by Crippen LogP contribution is -1.98. The van der Waals surface area contributed by atoms with Crippen molar-refractivity contribution in [1.82, 2.24) is 29.9 Å². The van der Waals surface area contributed by atoms with Gasteiger partial charge in [0.05, 0.1) is 23.0 Å². The van der Waals surface area contributed by atoms with Crippen LogP contribution in [0.3, 0.4) is 0 Å². The minimum atomic E-state index is 0.168. The van der Waals surface area contributed by atoms with Crippen LogP contribution in [0, 0.1) is 0 Å². The van der Waals surface area contributed by atoms with Crippen LogP contribution in [0.15, 0.2) is 12.4 Å². The maximum absolute atomic E-state index is 5.90. The van der Waals surface area contributed by atoms with Crippen LogP contribution in [0.4, 0.5) is 11.5 Å². The number of hydrogen-bond donors (Lipinski definition) is 2. The van der Waals surface area contributed by atoms with Gasteiger partial charge in [0.25, 0.3) is 0 Å². The van der Waals surface area contributed by atoms with Gasteiger partial charge in [-0.1, -0.05) is 6.92 Å². The van der Waals surface area contributed by atoms with Gasteiger partial charge in [-0.2, -0.15) is 20.2 Å². The number of nitrogens with zero attached hydrogens (tertiary/aromatic N) is 5. The van der Waals surface area contributed by atoms with Gasteiger partial charge in [0.1, 0.15) is 5.82 Å². The number of rotatable bonds is 3. The second-order valence-corrected chi connectivity index (χ2v) is 4.45. The zero-order valence-electron chi connectivity index (χ0n) is 10.5. The third kappa shape index (κ3) is 2.12. The van der Waals surface area contributed by atoms with E-state index in [1.807, 2.05) is 20.2 Å². The van der Waals surface area contributed by atoms with Gasteiger partial charge in [0, 0.05) is 13.2 Å². The van der Waals surface area contributed by atoms with E-state index in [9.17, 15) is 0 Å². The van der Waals surface area contributed by atoms with Crippen molar-refractivity contribution in [2.75, 3.05) is 5.32 Å². The van der Waals surface area contributed by atoms with Gasteiger partial charge >= 0.3 is 0 Å². The summed E-state index contributed by atoms with van der Waals surface area (Å²) in [5.74, 6) is 0.617. The molecule has 8 heteroatoms. The highest BCUT2D eigenvalue weighted by Crippen LogP contribution is 2.25. The summed E-state index contributed by atoms with van der Waals surface area (Å²) in [6.07, 6.45) is 4.40. The highest BCUT2D eigenvalue weighted by atomic mass is 35.5. The molecule has 0 amide bonds. The van der Waals surface area contributed by atoms with Crippen LogP contribution < -0.4 is 5.32 Å².